The third-order valence-corrected chi connectivity index (χ3v) is 4.16. The van der Waals surface area contributed by atoms with Gasteiger partial charge in [-0.25, -0.2) is 0 Å². The van der Waals surface area contributed by atoms with Crippen molar-refractivity contribution in [3.63, 3.8) is 0 Å². The largest absolute Gasteiger partial charge is 0.0990 e. The molecule has 25 heavy (non-hydrogen) atoms. The van der Waals surface area contributed by atoms with Gasteiger partial charge in [-0.2, -0.15) is 0 Å². The Morgan fingerprint density at radius 2 is 1.36 bits per heavy atom. The molecule has 3 aromatic rings. The lowest BCUT2D eigenvalue weighted by Crippen LogP contribution is -1.81. The molecule has 122 valence electrons. The van der Waals surface area contributed by atoms with Crippen molar-refractivity contribution in [2.45, 2.75) is 6.92 Å². The van der Waals surface area contributed by atoms with Crippen LogP contribution >= 0.6 is 0 Å². The van der Waals surface area contributed by atoms with Crippen LogP contribution in [0.2, 0.25) is 0 Å². The summed E-state index contributed by atoms with van der Waals surface area (Å²) in [6, 6.07) is 27.6. The van der Waals surface area contributed by atoms with Crippen LogP contribution in [-0.4, -0.2) is 0 Å². The molecule has 0 fully saturated rings. The molecule has 0 bridgehead atoms. The minimum Gasteiger partial charge on any atom is -0.0990 e. The smallest absolute Gasteiger partial charge is 0.0184 e. The van der Waals surface area contributed by atoms with Gasteiger partial charge >= 0.3 is 0 Å². The first-order valence-electron chi connectivity index (χ1n) is 8.49. The van der Waals surface area contributed by atoms with Gasteiger partial charge in [0.15, 0.2) is 0 Å². The van der Waals surface area contributed by atoms with Crippen LogP contribution in [0.1, 0.15) is 16.7 Å². The number of allylic oxidation sites excluding steroid dienone is 4. The fourth-order valence-corrected chi connectivity index (χ4v) is 2.72. The van der Waals surface area contributed by atoms with E-state index >= 15 is 0 Å². The van der Waals surface area contributed by atoms with Gasteiger partial charge in [-0.15, -0.1) is 0 Å². The summed E-state index contributed by atoms with van der Waals surface area (Å²) < 4.78 is 0. The zero-order valence-corrected chi connectivity index (χ0v) is 14.5. The fraction of sp³-hybridized carbons (Fsp3) is 0.0400. The van der Waals surface area contributed by atoms with Crippen LogP contribution in [0.5, 0.6) is 0 Å². The molecule has 0 radical (unpaired) electrons. The summed E-state index contributed by atoms with van der Waals surface area (Å²) in [5.74, 6) is 0. The highest BCUT2D eigenvalue weighted by Crippen LogP contribution is 2.22. The number of hydrogen-bond acceptors (Lipinski definition) is 0. The van der Waals surface area contributed by atoms with Gasteiger partial charge in [-0.3, -0.25) is 0 Å². The molecule has 3 rings (SSSR count). The minimum atomic E-state index is 1.15. The predicted octanol–water partition coefficient (Wildman–Crippen LogP) is 6.94. The second-order valence-corrected chi connectivity index (χ2v) is 6.05. The summed E-state index contributed by atoms with van der Waals surface area (Å²) in [5, 5.41) is 0. The van der Waals surface area contributed by atoms with Crippen molar-refractivity contribution in [3.8, 4) is 11.1 Å². The molecular weight excluding hydrogens is 300 g/mol. The molecule has 0 spiro atoms. The van der Waals surface area contributed by atoms with E-state index in [0.29, 0.717) is 0 Å². The van der Waals surface area contributed by atoms with E-state index in [-0.39, 0.29) is 0 Å². The Hall–Kier alpha value is -3.12. The van der Waals surface area contributed by atoms with Crippen LogP contribution in [0.3, 0.4) is 0 Å². The van der Waals surface area contributed by atoms with Crippen molar-refractivity contribution < 1.29 is 0 Å². The van der Waals surface area contributed by atoms with Crippen LogP contribution in [0, 0.1) is 6.92 Å². The van der Waals surface area contributed by atoms with Gasteiger partial charge in [0.25, 0.3) is 0 Å². The Morgan fingerprint density at radius 3 is 1.96 bits per heavy atom. The van der Waals surface area contributed by atoms with Crippen molar-refractivity contribution in [2.24, 2.45) is 0 Å². The Kier molecular flexibility index (Phi) is 5.43. The van der Waals surface area contributed by atoms with E-state index < -0.39 is 0 Å². The van der Waals surface area contributed by atoms with E-state index in [2.05, 4.69) is 98.5 Å². The van der Waals surface area contributed by atoms with E-state index in [0.717, 1.165) is 5.57 Å². The lowest BCUT2D eigenvalue weighted by atomic mass is 10.0. The predicted molar refractivity (Wildman–Crippen MR) is 110 cm³/mol. The van der Waals surface area contributed by atoms with Crippen LogP contribution in [0.25, 0.3) is 22.8 Å². The van der Waals surface area contributed by atoms with E-state index in [1.807, 2.05) is 18.2 Å². The Bertz CT molecular complexity index is 877. The van der Waals surface area contributed by atoms with Crippen molar-refractivity contribution >= 4 is 11.6 Å². The molecule has 0 saturated heterocycles. The van der Waals surface area contributed by atoms with Crippen molar-refractivity contribution in [1.82, 2.24) is 0 Å². The Labute approximate surface area is 150 Å². The minimum absolute atomic E-state index is 1.15. The monoisotopic (exact) mass is 322 g/mol. The molecule has 0 amide bonds. The van der Waals surface area contributed by atoms with E-state index in [9.17, 15) is 0 Å². The molecule has 0 aromatic heterocycles. The molecule has 3 aromatic carbocycles. The standard InChI is InChI=1S/C25H22/c1-3-7-22(23-8-5-4-6-9-23)17-12-21-13-18-25(19-14-21)24-15-10-20(2)11-16-24/h3-19H,1H2,2H3/b17-12-,22-7+. The number of hydrogen-bond donors (Lipinski definition) is 0. The van der Waals surface area contributed by atoms with Gasteiger partial charge in [0.1, 0.15) is 0 Å². The summed E-state index contributed by atoms with van der Waals surface area (Å²) in [5.41, 5.74) is 7.29. The fourth-order valence-electron chi connectivity index (χ4n) is 2.72. The summed E-state index contributed by atoms with van der Waals surface area (Å²) in [6.45, 7) is 5.93. The average Bonchev–Trinajstić information content (AvgIpc) is 2.67. The number of benzene rings is 3. The van der Waals surface area contributed by atoms with Gasteiger partial charge in [-0.05, 0) is 34.8 Å². The second-order valence-electron chi connectivity index (χ2n) is 6.05. The summed E-state index contributed by atoms with van der Waals surface area (Å²) >= 11 is 0. The zero-order valence-electron chi connectivity index (χ0n) is 14.5. The third kappa shape index (κ3) is 4.45. The topological polar surface area (TPSA) is 0 Å². The number of rotatable bonds is 5. The molecule has 0 nitrogen and oxygen atoms in total. The Morgan fingerprint density at radius 1 is 0.760 bits per heavy atom. The van der Waals surface area contributed by atoms with Crippen molar-refractivity contribution in [1.29, 1.82) is 0 Å². The molecule has 0 N–H and O–H groups in total. The maximum absolute atomic E-state index is 3.82. The molecule has 0 unspecified atom stereocenters. The summed E-state index contributed by atoms with van der Waals surface area (Å²) in [6.07, 6.45) is 8.14. The van der Waals surface area contributed by atoms with Gasteiger partial charge in [0, 0.05) is 0 Å². The summed E-state index contributed by atoms with van der Waals surface area (Å²) in [4.78, 5) is 0. The molecule has 0 atom stereocenters. The van der Waals surface area contributed by atoms with Crippen molar-refractivity contribution in [3.05, 3.63) is 120 Å². The van der Waals surface area contributed by atoms with Crippen LogP contribution < -0.4 is 0 Å². The average molecular weight is 322 g/mol. The maximum Gasteiger partial charge on any atom is -0.0184 e. The molecule has 0 saturated carbocycles. The van der Waals surface area contributed by atoms with Gasteiger partial charge < -0.3 is 0 Å². The van der Waals surface area contributed by atoms with Gasteiger partial charge in [0.2, 0.25) is 0 Å². The Balaban J connectivity index is 1.80. The lowest BCUT2D eigenvalue weighted by Gasteiger charge is -2.04. The first kappa shape index (κ1) is 16.7. The van der Waals surface area contributed by atoms with Gasteiger partial charge in [0.05, 0.1) is 0 Å². The third-order valence-electron chi connectivity index (χ3n) is 4.16. The molecule has 0 aliphatic rings. The highest BCUT2D eigenvalue weighted by atomic mass is 14.0. The van der Waals surface area contributed by atoms with Gasteiger partial charge in [-0.1, -0.05) is 115 Å². The second kappa shape index (κ2) is 8.12. The van der Waals surface area contributed by atoms with E-state index in [1.165, 1.54) is 27.8 Å². The number of aryl methyl sites for hydroxylation is 1. The highest BCUT2D eigenvalue weighted by molar-refractivity contribution is 5.80. The van der Waals surface area contributed by atoms with E-state index in [4.69, 9.17) is 0 Å². The van der Waals surface area contributed by atoms with Crippen molar-refractivity contribution in [2.75, 3.05) is 0 Å². The molecule has 0 heterocycles. The summed E-state index contributed by atoms with van der Waals surface area (Å²) in [7, 11) is 0. The zero-order chi connectivity index (χ0) is 17.5. The van der Waals surface area contributed by atoms with Crippen LogP contribution in [0.15, 0.2) is 104 Å². The quantitative estimate of drug-likeness (QED) is 0.446. The normalized spacial score (nSPS) is 11.6. The van der Waals surface area contributed by atoms with Crippen LogP contribution in [-0.2, 0) is 0 Å². The first-order chi connectivity index (χ1) is 12.3. The van der Waals surface area contributed by atoms with E-state index in [1.54, 1.807) is 0 Å². The first-order valence-corrected chi connectivity index (χ1v) is 8.49. The lowest BCUT2D eigenvalue weighted by molar-refractivity contribution is 1.47. The molecule has 0 aliphatic carbocycles. The SMILES string of the molecule is C=C/C=C(\C=C/c1ccc(-c2ccc(C)cc2)cc1)c1ccccc1. The molecule has 0 heteroatoms. The molecular formula is C25H22. The molecule has 0 aliphatic heterocycles. The maximum atomic E-state index is 3.82. The van der Waals surface area contributed by atoms with Crippen LogP contribution in [0.4, 0.5) is 0 Å². The highest BCUT2D eigenvalue weighted by Gasteiger charge is 1.98.